The number of oxime groups is 1. The Hall–Kier alpha value is -7.73. The number of ether oxygens (including phenoxy) is 7. The van der Waals surface area contributed by atoms with Crippen LogP contribution in [-0.2, 0) is 22.7 Å². The van der Waals surface area contributed by atoms with Gasteiger partial charge in [0.1, 0.15) is 41.4 Å². The van der Waals surface area contributed by atoms with Crippen LogP contribution in [0.2, 0.25) is 0 Å². The van der Waals surface area contributed by atoms with Crippen LogP contribution in [0.15, 0.2) is 139 Å². The van der Waals surface area contributed by atoms with E-state index in [9.17, 15) is 25.1 Å². The van der Waals surface area contributed by atoms with Crippen LogP contribution in [0.25, 0.3) is 0 Å². The SMILES string of the molecule is C=CCO[C@@]12Oc3ccc(Oc4ccc(OC)c(C=O)c4)cc3[C@H]3[C@H](CCCCO)[C@@H](CCCCO)C=C(C(=NOCc4ccccc4)C[C@@H]1N(Cc1ccc4c(c1)OCO4)C(=O)Oc1ccc([N+](=O)[O-])cc1)[C@H]32. The second-order valence-electron chi connectivity index (χ2n) is 18.6. The second kappa shape index (κ2) is 23.4. The number of aliphatic hydroxyl groups is 2. The number of amides is 1. The number of benzene rings is 5. The average Bonchev–Trinajstić information content (AvgIpc) is 3.90. The molecule has 0 radical (unpaired) electrons. The van der Waals surface area contributed by atoms with Gasteiger partial charge >= 0.3 is 6.09 Å². The van der Waals surface area contributed by atoms with Gasteiger partial charge in [-0.1, -0.05) is 66.5 Å². The van der Waals surface area contributed by atoms with Gasteiger partial charge in [0.15, 0.2) is 17.8 Å². The van der Waals surface area contributed by atoms with Crippen LogP contribution in [-0.4, -0.2) is 83.7 Å². The average molecular weight is 1010 g/mol. The first kappa shape index (κ1) is 51.2. The molecule has 2 aliphatic heterocycles. The number of fused-ring (bicyclic) bond motifs is 3. The molecule has 0 aromatic heterocycles. The molecule has 17 nitrogen and oxygen atoms in total. The van der Waals surface area contributed by atoms with Crippen LogP contribution in [0.1, 0.15) is 77.9 Å². The van der Waals surface area contributed by atoms with Gasteiger partial charge in [-0.25, -0.2) is 4.79 Å². The third kappa shape index (κ3) is 11.0. The van der Waals surface area contributed by atoms with E-state index in [2.05, 4.69) is 12.7 Å². The molecular weight excluding hydrogens is 951 g/mol. The summed E-state index contributed by atoms with van der Waals surface area (Å²) in [6.07, 6.45) is 7.83. The van der Waals surface area contributed by atoms with Gasteiger partial charge < -0.3 is 48.2 Å². The van der Waals surface area contributed by atoms with Crippen molar-refractivity contribution in [3.63, 3.8) is 0 Å². The molecule has 0 saturated heterocycles. The van der Waals surface area contributed by atoms with Crippen molar-refractivity contribution < 1.29 is 62.7 Å². The molecule has 2 aliphatic carbocycles. The Balaban J connectivity index is 1.25. The Bertz CT molecular complexity index is 2870. The highest BCUT2D eigenvalue weighted by Gasteiger charge is 2.66. The molecule has 0 spiro atoms. The number of allylic oxidation sites excluding steroid dienone is 1. The number of rotatable bonds is 23. The van der Waals surface area contributed by atoms with E-state index in [1.807, 2.05) is 48.5 Å². The first-order chi connectivity index (χ1) is 36.2. The molecule has 17 heteroatoms. The maximum absolute atomic E-state index is 15.3. The number of aldehydes is 1. The zero-order valence-electron chi connectivity index (χ0n) is 41.0. The molecular formula is C57H59N3O14. The van der Waals surface area contributed by atoms with Crippen molar-refractivity contribution in [3.05, 3.63) is 166 Å². The summed E-state index contributed by atoms with van der Waals surface area (Å²) in [6.45, 7) is 4.22. The van der Waals surface area contributed by atoms with Crippen molar-refractivity contribution in [2.45, 2.75) is 75.8 Å². The predicted octanol–water partition coefficient (Wildman–Crippen LogP) is 10.5. The molecule has 1 saturated carbocycles. The maximum Gasteiger partial charge on any atom is 0.416 e. The summed E-state index contributed by atoms with van der Waals surface area (Å²) in [5, 5.41) is 36.8. The van der Waals surface area contributed by atoms with Crippen molar-refractivity contribution in [1.29, 1.82) is 0 Å². The quantitative estimate of drug-likeness (QED) is 0.0205. The first-order valence-electron chi connectivity index (χ1n) is 24.8. The smallest absolute Gasteiger partial charge is 0.416 e. The largest absolute Gasteiger partial charge is 0.496 e. The van der Waals surface area contributed by atoms with Crippen molar-refractivity contribution in [3.8, 4) is 40.2 Å². The number of nitro groups is 1. The van der Waals surface area contributed by atoms with Crippen LogP contribution in [0.4, 0.5) is 10.5 Å². The van der Waals surface area contributed by atoms with Gasteiger partial charge in [-0.3, -0.25) is 19.8 Å². The van der Waals surface area contributed by atoms with Crippen LogP contribution < -0.4 is 28.4 Å². The minimum absolute atomic E-state index is 0.00141. The van der Waals surface area contributed by atoms with Gasteiger partial charge in [0.2, 0.25) is 12.6 Å². The highest BCUT2D eigenvalue weighted by molar-refractivity contribution is 6.03. The molecule has 9 rings (SSSR count). The van der Waals surface area contributed by atoms with Gasteiger partial charge in [-0.15, -0.1) is 6.58 Å². The van der Waals surface area contributed by atoms with Gasteiger partial charge in [0.05, 0.1) is 35.8 Å². The molecule has 6 atom stereocenters. The molecule has 0 unspecified atom stereocenters. The number of nitrogens with zero attached hydrogens (tertiary/aromatic N) is 3. The zero-order chi connectivity index (χ0) is 51.6. The van der Waals surface area contributed by atoms with Crippen molar-refractivity contribution >= 4 is 23.8 Å². The molecule has 5 aromatic rings. The number of methoxy groups -OCH3 is 1. The molecule has 2 heterocycles. The summed E-state index contributed by atoms with van der Waals surface area (Å²) in [4.78, 5) is 46.3. The van der Waals surface area contributed by atoms with E-state index in [1.165, 1.54) is 31.4 Å². The minimum Gasteiger partial charge on any atom is -0.496 e. The summed E-state index contributed by atoms with van der Waals surface area (Å²) in [5.74, 6) is -0.0684. The fourth-order valence-corrected chi connectivity index (χ4v) is 10.8. The van der Waals surface area contributed by atoms with Crippen molar-refractivity contribution in [1.82, 2.24) is 4.90 Å². The predicted molar refractivity (Wildman–Crippen MR) is 272 cm³/mol. The van der Waals surface area contributed by atoms with E-state index in [0.717, 1.165) is 29.5 Å². The normalized spacial score (nSPS) is 21.5. The number of unbranched alkanes of at least 4 members (excludes halogenated alkanes) is 2. The van der Waals surface area contributed by atoms with Crippen LogP contribution >= 0.6 is 0 Å². The number of nitro benzene ring substituents is 1. The number of carbonyl (C=O) groups excluding carboxylic acids is 2. The lowest BCUT2D eigenvalue weighted by Crippen LogP contribution is -2.70. The fourth-order valence-electron chi connectivity index (χ4n) is 10.8. The van der Waals surface area contributed by atoms with E-state index in [1.54, 1.807) is 47.4 Å². The fraction of sp³-hybridized carbons (Fsp3) is 0.351. The summed E-state index contributed by atoms with van der Waals surface area (Å²) in [6, 6.07) is 29.9. The number of hydrogen-bond acceptors (Lipinski definition) is 15. The van der Waals surface area contributed by atoms with Crippen LogP contribution in [0.3, 0.4) is 0 Å². The van der Waals surface area contributed by atoms with Gasteiger partial charge in [-0.05, 0) is 115 Å². The van der Waals surface area contributed by atoms with E-state index in [-0.39, 0.29) is 69.5 Å². The third-order valence-electron chi connectivity index (χ3n) is 14.1. The molecule has 74 heavy (non-hydrogen) atoms. The third-order valence-corrected chi connectivity index (χ3v) is 14.1. The zero-order valence-corrected chi connectivity index (χ0v) is 41.0. The highest BCUT2D eigenvalue weighted by Crippen LogP contribution is 2.62. The van der Waals surface area contributed by atoms with Gasteiger partial charge in [0, 0.05) is 49.8 Å². The number of hydrogen-bond donors (Lipinski definition) is 2. The molecule has 4 aliphatic rings. The van der Waals surface area contributed by atoms with E-state index < -0.39 is 34.7 Å². The van der Waals surface area contributed by atoms with E-state index >= 15 is 4.79 Å². The monoisotopic (exact) mass is 1010 g/mol. The lowest BCUT2D eigenvalue weighted by atomic mass is 9.55. The van der Waals surface area contributed by atoms with Gasteiger partial charge in [-0.2, -0.15) is 0 Å². The lowest BCUT2D eigenvalue weighted by Gasteiger charge is -2.59. The topological polar surface area (TPSA) is 207 Å². The molecule has 1 amide bonds. The Morgan fingerprint density at radius 3 is 2.35 bits per heavy atom. The summed E-state index contributed by atoms with van der Waals surface area (Å²) >= 11 is 0. The van der Waals surface area contributed by atoms with Crippen molar-refractivity contribution in [2.24, 2.45) is 22.9 Å². The molecule has 2 N–H and O–H groups in total. The Labute approximate surface area is 428 Å². The minimum atomic E-state index is -1.68. The number of aliphatic hydroxyl groups excluding tert-OH is 2. The second-order valence-corrected chi connectivity index (χ2v) is 18.6. The highest BCUT2D eigenvalue weighted by atomic mass is 16.7. The summed E-state index contributed by atoms with van der Waals surface area (Å²) in [5.41, 5.74) is 3.87. The van der Waals surface area contributed by atoms with Crippen molar-refractivity contribution in [2.75, 3.05) is 33.7 Å². The lowest BCUT2D eigenvalue weighted by molar-refractivity contribution is -0.384. The Morgan fingerprint density at radius 1 is 0.878 bits per heavy atom. The summed E-state index contributed by atoms with van der Waals surface area (Å²) in [7, 11) is 1.49. The number of carbonyl (C=O) groups is 2. The Morgan fingerprint density at radius 2 is 1.61 bits per heavy atom. The molecule has 0 bridgehead atoms. The number of non-ortho nitro benzene ring substituents is 1. The van der Waals surface area contributed by atoms with E-state index in [0.29, 0.717) is 83.3 Å². The van der Waals surface area contributed by atoms with Crippen LogP contribution in [0.5, 0.6) is 40.2 Å². The first-order valence-corrected chi connectivity index (χ1v) is 24.8. The van der Waals surface area contributed by atoms with E-state index in [4.69, 9.17) is 43.2 Å². The van der Waals surface area contributed by atoms with Crippen LogP contribution in [0, 0.1) is 27.9 Å². The standard InChI is InChI=1S/C57H59N3O14/c1-3-27-70-57-53(59(33-38-15-22-51-52(28-38)69-36-68-51)56(64)73-42-18-16-41(17-19-42)60(65)66)32-48(58-71-35-37-11-5-4-6-12-37)46-30-39(13-7-9-25-61)45(14-8-10-26-62)54(55(46)57)47-31-44(21-24-50(47)74-57)72-43-20-23-49(67-2)40(29-43)34-63/h3-6,11-12,15-24,28-31,34,39,45,53-55,61-62H,1,7-10,13-14,25-27,32-33,35-36H2,2H3/t39-,45+,53-,54+,55+,57+/m0/s1. The molecule has 5 aromatic carbocycles. The molecule has 386 valence electrons. The summed E-state index contributed by atoms with van der Waals surface area (Å²) < 4.78 is 44.1. The Kier molecular flexibility index (Phi) is 16.2. The van der Waals surface area contributed by atoms with Gasteiger partial charge in [0.25, 0.3) is 5.69 Å². The molecule has 1 fully saturated rings. The maximum atomic E-state index is 15.3.